The first-order chi connectivity index (χ1) is 9.52. The SMILES string of the molecule is Nc1cc(S(=O)(=O)N(CC(F)(F)F)C2CC2)c(F)cc1Br. The molecule has 2 rings (SSSR count). The molecule has 10 heteroatoms. The molecule has 0 heterocycles. The first-order valence-electron chi connectivity index (χ1n) is 5.85. The highest BCUT2D eigenvalue weighted by Gasteiger charge is 2.45. The molecule has 0 amide bonds. The fourth-order valence-electron chi connectivity index (χ4n) is 1.82. The van der Waals surface area contributed by atoms with Gasteiger partial charge in [0.25, 0.3) is 0 Å². The zero-order valence-electron chi connectivity index (χ0n) is 10.5. The molecule has 1 aliphatic carbocycles. The first kappa shape index (κ1) is 16.5. The van der Waals surface area contributed by atoms with Crippen molar-refractivity contribution in [3.8, 4) is 0 Å². The van der Waals surface area contributed by atoms with Crippen LogP contribution < -0.4 is 5.73 Å². The first-order valence-corrected chi connectivity index (χ1v) is 8.09. The topological polar surface area (TPSA) is 63.4 Å². The maximum absolute atomic E-state index is 13.8. The molecule has 1 aliphatic rings. The van der Waals surface area contributed by atoms with E-state index in [0.717, 1.165) is 12.1 Å². The van der Waals surface area contributed by atoms with Gasteiger partial charge in [-0.3, -0.25) is 0 Å². The minimum atomic E-state index is -4.70. The van der Waals surface area contributed by atoms with Crippen molar-refractivity contribution in [2.45, 2.75) is 30.0 Å². The molecule has 1 fully saturated rings. The van der Waals surface area contributed by atoms with Gasteiger partial charge in [0.05, 0.1) is 0 Å². The number of alkyl halides is 3. The van der Waals surface area contributed by atoms with Crippen LogP contribution in [0, 0.1) is 5.82 Å². The molecule has 0 aromatic heterocycles. The van der Waals surface area contributed by atoms with E-state index in [2.05, 4.69) is 15.9 Å². The summed E-state index contributed by atoms with van der Waals surface area (Å²) in [5.74, 6) is -1.15. The molecule has 0 bridgehead atoms. The summed E-state index contributed by atoms with van der Waals surface area (Å²) < 4.78 is 76.5. The van der Waals surface area contributed by atoms with Gasteiger partial charge >= 0.3 is 6.18 Å². The third-order valence-electron chi connectivity index (χ3n) is 2.93. The Morgan fingerprint density at radius 1 is 1.33 bits per heavy atom. The molecule has 0 unspecified atom stereocenters. The van der Waals surface area contributed by atoms with Gasteiger partial charge in [-0.25, -0.2) is 12.8 Å². The molecule has 0 aliphatic heterocycles. The van der Waals surface area contributed by atoms with Crippen LogP contribution in [0.15, 0.2) is 21.5 Å². The van der Waals surface area contributed by atoms with Crippen molar-refractivity contribution in [1.82, 2.24) is 4.31 Å². The number of halogens is 5. The maximum atomic E-state index is 13.8. The lowest BCUT2D eigenvalue weighted by Crippen LogP contribution is -2.40. The molecule has 118 valence electrons. The van der Waals surface area contributed by atoms with Gasteiger partial charge < -0.3 is 5.73 Å². The number of rotatable bonds is 4. The van der Waals surface area contributed by atoms with Crippen LogP contribution in [0.5, 0.6) is 0 Å². The van der Waals surface area contributed by atoms with Gasteiger partial charge in [-0.2, -0.15) is 17.5 Å². The number of anilines is 1. The lowest BCUT2D eigenvalue weighted by Gasteiger charge is -2.23. The zero-order chi connectivity index (χ0) is 16.0. The maximum Gasteiger partial charge on any atom is 0.402 e. The minimum Gasteiger partial charge on any atom is -0.398 e. The summed E-state index contributed by atoms with van der Waals surface area (Å²) in [5.41, 5.74) is 5.42. The second-order valence-corrected chi connectivity index (χ2v) is 7.41. The van der Waals surface area contributed by atoms with Gasteiger partial charge in [0.2, 0.25) is 10.0 Å². The summed E-state index contributed by atoms with van der Waals surface area (Å²) in [6.45, 7) is -1.64. The van der Waals surface area contributed by atoms with Crippen molar-refractivity contribution in [2.75, 3.05) is 12.3 Å². The van der Waals surface area contributed by atoms with Crippen LogP contribution in [0.2, 0.25) is 0 Å². The number of nitrogens with zero attached hydrogens (tertiary/aromatic N) is 1. The molecule has 0 saturated heterocycles. The highest BCUT2D eigenvalue weighted by Crippen LogP contribution is 2.36. The molecule has 2 N–H and O–H groups in total. The summed E-state index contributed by atoms with van der Waals surface area (Å²) >= 11 is 2.92. The number of benzene rings is 1. The van der Waals surface area contributed by atoms with E-state index in [0.29, 0.717) is 17.1 Å². The van der Waals surface area contributed by atoms with Crippen LogP contribution in [0.1, 0.15) is 12.8 Å². The standard InChI is InChI=1S/C11H11BrF4N2O2S/c12-7-3-8(13)10(4-9(7)17)21(19,20)18(6-1-2-6)5-11(14,15)16/h3-4,6H,1-2,5,17H2. The molecule has 0 atom stereocenters. The highest BCUT2D eigenvalue weighted by molar-refractivity contribution is 9.10. The van der Waals surface area contributed by atoms with E-state index in [1.165, 1.54) is 0 Å². The highest BCUT2D eigenvalue weighted by atomic mass is 79.9. The Morgan fingerprint density at radius 3 is 2.38 bits per heavy atom. The van der Waals surface area contributed by atoms with Gasteiger partial charge in [-0.15, -0.1) is 0 Å². The Labute approximate surface area is 127 Å². The lowest BCUT2D eigenvalue weighted by atomic mass is 10.3. The Balaban J connectivity index is 2.46. The van der Waals surface area contributed by atoms with E-state index in [4.69, 9.17) is 5.73 Å². The van der Waals surface area contributed by atoms with Crippen molar-refractivity contribution < 1.29 is 26.0 Å². The number of hydrogen-bond donors (Lipinski definition) is 1. The third-order valence-corrected chi connectivity index (χ3v) is 5.53. The number of nitrogen functional groups attached to an aromatic ring is 1. The van der Waals surface area contributed by atoms with Crippen LogP contribution >= 0.6 is 15.9 Å². The summed E-state index contributed by atoms with van der Waals surface area (Å²) in [6, 6.07) is 0.891. The Kier molecular flexibility index (Phi) is 4.24. The van der Waals surface area contributed by atoms with Gasteiger partial charge in [-0.05, 0) is 40.9 Å². The summed E-state index contributed by atoms with van der Waals surface area (Å²) in [7, 11) is -4.60. The predicted octanol–water partition coefficient (Wildman–Crippen LogP) is 2.89. The van der Waals surface area contributed by atoms with Crippen LogP contribution in [-0.2, 0) is 10.0 Å². The van der Waals surface area contributed by atoms with E-state index in [1.54, 1.807) is 0 Å². The third kappa shape index (κ3) is 3.67. The van der Waals surface area contributed by atoms with Crippen molar-refractivity contribution >= 4 is 31.6 Å². The second kappa shape index (κ2) is 5.40. The van der Waals surface area contributed by atoms with Crippen LogP contribution in [0.3, 0.4) is 0 Å². The van der Waals surface area contributed by atoms with E-state index in [1.807, 2.05) is 0 Å². The molecule has 0 radical (unpaired) electrons. The van der Waals surface area contributed by atoms with Crippen molar-refractivity contribution in [1.29, 1.82) is 0 Å². The molecule has 0 spiro atoms. The summed E-state index contributed by atoms with van der Waals surface area (Å²) in [5, 5.41) is 0. The lowest BCUT2D eigenvalue weighted by molar-refractivity contribution is -0.137. The van der Waals surface area contributed by atoms with Crippen molar-refractivity contribution in [2.24, 2.45) is 0 Å². The van der Waals surface area contributed by atoms with E-state index in [9.17, 15) is 26.0 Å². The monoisotopic (exact) mass is 390 g/mol. The Hall–Kier alpha value is -0.870. The average molecular weight is 391 g/mol. The molecular formula is C11H11BrF4N2O2S. The second-order valence-electron chi connectivity index (χ2n) is 4.70. The van der Waals surface area contributed by atoms with E-state index >= 15 is 0 Å². The van der Waals surface area contributed by atoms with Gasteiger partial charge in [-0.1, -0.05) is 0 Å². The fraction of sp³-hybridized carbons (Fsp3) is 0.455. The molecule has 1 aromatic rings. The number of sulfonamides is 1. The smallest absolute Gasteiger partial charge is 0.398 e. The van der Waals surface area contributed by atoms with Crippen LogP contribution in [-0.4, -0.2) is 31.5 Å². The molecular weight excluding hydrogens is 380 g/mol. The van der Waals surface area contributed by atoms with Gasteiger partial charge in [0, 0.05) is 16.2 Å². The summed E-state index contributed by atoms with van der Waals surface area (Å²) in [4.78, 5) is -0.848. The van der Waals surface area contributed by atoms with E-state index in [-0.39, 0.29) is 10.2 Å². The molecule has 1 aromatic carbocycles. The largest absolute Gasteiger partial charge is 0.402 e. The predicted molar refractivity (Wildman–Crippen MR) is 71.5 cm³/mol. The van der Waals surface area contributed by atoms with Crippen molar-refractivity contribution in [3.63, 3.8) is 0 Å². The summed E-state index contributed by atoms with van der Waals surface area (Å²) in [6.07, 6.45) is -4.06. The molecule has 1 saturated carbocycles. The fourth-order valence-corrected chi connectivity index (χ4v) is 3.89. The molecule has 4 nitrogen and oxygen atoms in total. The van der Waals surface area contributed by atoms with E-state index < -0.39 is 39.5 Å². The number of nitrogens with two attached hydrogens (primary N) is 1. The van der Waals surface area contributed by atoms with Crippen molar-refractivity contribution in [3.05, 3.63) is 22.4 Å². The minimum absolute atomic E-state index is 0.0715. The quantitative estimate of drug-likeness (QED) is 0.634. The van der Waals surface area contributed by atoms with Gasteiger partial charge in [0.1, 0.15) is 17.3 Å². The van der Waals surface area contributed by atoms with Crippen LogP contribution in [0.25, 0.3) is 0 Å². The normalized spacial score (nSPS) is 16.5. The zero-order valence-corrected chi connectivity index (χ0v) is 12.9. The molecule has 21 heavy (non-hydrogen) atoms. The van der Waals surface area contributed by atoms with Crippen LogP contribution in [0.4, 0.5) is 23.2 Å². The Morgan fingerprint density at radius 2 is 1.90 bits per heavy atom. The Bertz CT molecular complexity index is 659. The number of hydrogen-bond acceptors (Lipinski definition) is 3. The van der Waals surface area contributed by atoms with Gasteiger partial charge in [0.15, 0.2) is 0 Å². The average Bonchev–Trinajstić information content (AvgIpc) is 3.13.